The molecule has 3 aromatic carbocycles. The van der Waals surface area contributed by atoms with Gasteiger partial charge in [-0.05, 0) is 61.7 Å². The quantitative estimate of drug-likeness (QED) is 0.305. The van der Waals surface area contributed by atoms with Crippen molar-refractivity contribution in [2.45, 2.75) is 27.3 Å². The van der Waals surface area contributed by atoms with E-state index < -0.39 is 9.84 Å². The molecule has 0 radical (unpaired) electrons. The number of fused-ring (bicyclic) bond motifs is 1. The molecule has 0 unspecified atom stereocenters. The van der Waals surface area contributed by atoms with E-state index in [0.29, 0.717) is 37.8 Å². The van der Waals surface area contributed by atoms with Crippen LogP contribution in [0.15, 0.2) is 60.8 Å². The standard InChI is InChI=1S/C30H33N3O4S/c1-4-36-28-12-11-23(18-29(28)37-5-2)27-19-31-26-8-6-7-25(30(26)32-27)22-9-10-24(21(3)17-22)20-33-13-15-38(34,35)16-14-33/h6-12,17-19H,4-5,13-16,20H2,1-3H3. The van der Waals surface area contributed by atoms with Crippen LogP contribution >= 0.6 is 0 Å². The summed E-state index contributed by atoms with van der Waals surface area (Å²) in [6, 6.07) is 18.4. The van der Waals surface area contributed by atoms with Crippen molar-refractivity contribution >= 4 is 20.9 Å². The Morgan fingerprint density at radius 1 is 0.895 bits per heavy atom. The van der Waals surface area contributed by atoms with Gasteiger partial charge in [-0.2, -0.15) is 0 Å². The van der Waals surface area contributed by atoms with E-state index in [2.05, 4.69) is 36.1 Å². The van der Waals surface area contributed by atoms with Gasteiger partial charge in [0.1, 0.15) is 0 Å². The molecule has 0 spiro atoms. The molecule has 0 amide bonds. The van der Waals surface area contributed by atoms with E-state index in [1.165, 1.54) is 11.1 Å². The minimum Gasteiger partial charge on any atom is -0.490 e. The molecule has 7 nitrogen and oxygen atoms in total. The van der Waals surface area contributed by atoms with E-state index in [-0.39, 0.29) is 11.5 Å². The number of aromatic nitrogens is 2. The molecule has 1 aliphatic rings. The van der Waals surface area contributed by atoms with Gasteiger partial charge in [-0.3, -0.25) is 9.88 Å². The van der Waals surface area contributed by atoms with Crippen molar-refractivity contribution < 1.29 is 17.9 Å². The normalized spacial score (nSPS) is 15.4. The Morgan fingerprint density at radius 3 is 2.37 bits per heavy atom. The summed E-state index contributed by atoms with van der Waals surface area (Å²) in [6.45, 7) is 9.05. The lowest BCUT2D eigenvalue weighted by Gasteiger charge is -2.27. The second-order valence-corrected chi connectivity index (χ2v) is 11.8. The highest BCUT2D eigenvalue weighted by Crippen LogP contribution is 2.34. The Hall–Kier alpha value is -3.49. The molecule has 1 aromatic heterocycles. The van der Waals surface area contributed by atoms with Crippen molar-refractivity contribution in [3.8, 4) is 33.9 Å². The van der Waals surface area contributed by atoms with Crippen LogP contribution in [0.2, 0.25) is 0 Å². The molecular formula is C30H33N3O4S. The van der Waals surface area contributed by atoms with Gasteiger partial charge in [-0.1, -0.05) is 30.3 Å². The largest absolute Gasteiger partial charge is 0.490 e. The number of hydrogen-bond acceptors (Lipinski definition) is 7. The maximum absolute atomic E-state index is 11.8. The van der Waals surface area contributed by atoms with Crippen molar-refractivity contribution in [1.29, 1.82) is 0 Å². The first-order chi connectivity index (χ1) is 18.4. The number of hydrogen-bond donors (Lipinski definition) is 0. The highest BCUT2D eigenvalue weighted by atomic mass is 32.2. The summed E-state index contributed by atoms with van der Waals surface area (Å²) in [5.41, 5.74) is 7.82. The minimum absolute atomic E-state index is 0.238. The van der Waals surface area contributed by atoms with Gasteiger partial charge in [0.15, 0.2) is 21.3 Å². The molecule has 198 valence electrons. The van der Waals surface area contributed by atoms with Crippen molar-refractivity contribution in [3.63, 3.8) is 0 Å². The number of para-hydroxylation sites is 1. The van der Waals surface area contributed by atoms with Crippen LogP contribution < -0.4 is 9.47 Å². The van der Waals surface area contributed by atoms with Gasteiger partial charge in [-0.25, -0.2) is 13.4 Å². The molecule has 2 heterocycles. The summed E-state index contributed by atoms with van der Waals surface area (Å²) < 4.78 is 35.1. The monoisotopic (exact) mass is 531 g/mol. The molecule has 8 heteroatoms. The fourth-order valence-corrected chi connectivity index (χ4v) is 6.08. The fourth-order valence-electron chi connectivity index (χ4n) is 4.81. The highest BCUT2D eigenvalue weighted by Gasteiger charge is 2.22. The van der Waals surface area contributed by atoms with Gasteiger partial charge in [-0.15, -0.1) is 0 Å². The number of nitrogens with zero attached hydrogens (tertiary/aromatic N) is 3. The summed E-state index contributed by atoms with van der Waals surface area (Å²) in [4.78, 5) is 12.0. The van der Waals surface area contributed by atoms with Gasteiger partial charge in [0.2, 0.25) is 0 Å². The van der Waals surface area contributed by atoms with Crippen LogP contribution in [0.5, 0.6) is 11.5 Å². The molecule has 1 aliphatic heterocycles. The van der Waals surface area contributed by atoms with Gasteiger partial charge < -0.3 is 9.47 Å². The zero-order valence-corrected chi connectivity index (χ0v) is 22.9. The van der Waals surface area contributed by atoms with Crippen LogP contribution in [0.3, 0.4) is 0 Å². The molecule has 38 heavy (non-hydrogen) atoms. The predicted octanol–water partition coefficient (Wildman–Crippen LogP) is 5.30. The highest BCUT2D eigenvalue weighted by molar-refractivity contribution is 7.91. The zero-order valence-electron chi connectivity index (χ0n) is 22.1. The topological polar surface area (TPSA) is 81.6 Å². The third kappa shape index (κ3) is 5.66. The third-order valence-corrected chi connectivity index (χ3v) is 8.51. The summed E-state index contributed by atoms with van der Waals surface area (Å²) in [6.07, 6.45) is 1.80. The van der Waals surface area contributed by atoms with Gasteiger partial charge in [0.05, 0.1) is 47.6 Å². The molecule has 0 N–H and O–H groups in total. The SMILES string of the molecule is CCOc1ccc(-c2cnc3cccc(-c4ccc(CN5CCS(=O)(=O)CC5)c(C)c4)c3n2)cc1OCC. The van der Waals surface area contributed by atoms with Crippen molar-refractivity contribution in [2.24, 2.45) is 0 Å². The molecule has 5 rings (SSSR count). The molecule has 0 atom stereocenters. The van der Waals surface area contributed by atoms with Gasteiger partial charge >= 0.3 is 0 Å². The van der Waals surface area contributed by atoms with Crippen LogP contribution in [-0.2, 0) is 16.4 Å². The maximum atomic E-state index is 11.8. The Kier molecular flexibility index (Phi) is 7.63. The summed E-state index contributed by atoms with van der Waals surface area (Å²) in [5.74, 6) is 1.89. The Bertz CT molecular complexity index is 1560. The van der Waals surface area contributed by atoms with E-state index in [1.807, 2.05) is 44.2 Å². The van der Waals surface area contributed by atoms with Crippen molar-refractivity contribution in [1.82, 2.24) is 14.9 Å². The van der Waals surface area contributed by atoms with Crippen LogP contribution in [0.1, 0.15) is 25.0 Å². The Morgan fingerprint density at radius 2 is 1.63 bits per heavy atom. The summed E-state index contributed by atoms with van der Waals surface area (Å²) in [7, 11) is -2.88. The number of ether oxygens (including phenoxy) is 2. The van der Waals surface area contributed by atoms with E-state index in [9.17, 15) is 8.42 Å². The fraction of sp³-hybridized carbons (Fsp3) is 0.333. The van der Waals surface area contributed by atoms with E-state index in [1.54, 1.807) is 6.20 Å². The Balaban J connectivity index is 1.46. The number of benzene rings is 3. The van der Waals surface area contributed by atoms with Crippen molar-refractivity contribution in [3.05, 3.63) is 71.9 Å². The number of aryl methyl sites for hydroxylation is 1. The lowest BCUT2D eigenvalue weighted by atomic mass is 9.98. The predicted molar refractivity (Wildman–Crippen MR) is 151 cm³/mol. The second kappa shape index (κ2) is 11.1. The first-order valence-electron chi connectivity index (χ1n) is 13.1. The number of sulfone groups is 1. The summed E-state index contributed by atoms with van der Waals surface area (Å²) in [5, 5.41) is 0. The Labute approximate surface area is 224 Å². The summed E-state index contributed by atoms with van der Waals surface area (Å²) >= 11 is 0. The first-order valence-corrected chi connectivity index (χ1v) is 14.9. The smallest absolute Gasteiger partial charge is 0.161 e. The van der Waals surface area contributed by atoms with Gasteiger partial charge in [0, 0.05) is 30.8 Å². The maximum Gasteiger partial charge on any atom is 0.161 e. The minimum atomic E-state index is -2.88. The van der Waals surface area contributed by atoms with Crippen LogP contribution in [0, 0.1) is 6.92 Å². The molecule has 0 saturated carbocycles. The van der Waals surface area contributed by atoms with Crippen LogP contribution in [-0.4, -0.2) is 61.1 Å². The second-order valence-electron chi connectivity index (χ2n) is 9.53. The van der Waals surface area contributed by atoms with Gasteiger partial charge in [0.25, 0.3) is 0 Å². The van der Waals surface area contributed by atoms with Crippen LogP contribution in [0.25, 0.3) is 33.4 Å². The average molecular weight is 532 g/mol. The van der Waals surface area contributed by atoms with Crippen molar-refractivity contribution in [2.75, 3.05) is 37.8 Å². The lowest BCUT2D eigenvalue weighted by Crippen LogP contribution is -2.39. The molecule has 4 aromatic rings. The molecule has 0 aliphatic carbocycles. The first kappa shape index (κ1) is 26.1. The molecule has 1 fully saturated rings. The third-order valence-electron chi connectivity index (χ3n) is 6.90. The molecule has 1 saturated heterocycles. The van der Waals surface area contributed by atoms with Crippen LogP contribution in [0.4, 0.5) is 0 Å². The lowest BCUT2D eigenvalue weighted by molar-refractivity contribution is 0.287. The molecular weight excluding hydrogens is 498 g/mol. The molecule has 0 bridgehead atoms. The van der Waals surface area contributed by atoms with E-state index in [4.69, 9.17) is 19.4 Å². The van der Waals surface area contributed by atoms with E-state index in [0.717, 1.165) is 40.0 Å². The average Bonchev–Trinajstić information content (AvgIpc) is 2.91. The number of rotatable bonds is 8. The zero-order chi connectivity index (χ0) is 26.7. The van der Waals surface area contributed by atoms with E-state index >= 15 is 0 Å².